The van der Waals surface area contributed by atoms with Crippen molar-refractivity contribution in [3.8, 4) is 17.2 Å². The van der Waals surface area contributed by atoms with Crippen molar-refractivity contribution in [2.24, 2.45) is 11.6 Å². The van der Waals surface area contributed by atoms with E-state index in [1.54, 1.807) is 48.5 Å². The average Bonchev–Trinajstić information content (AvgIpc) is 2.70. The molecule has 0 amide bonds. The lowest BCUT2D eigenvalue weighted by molar-refractivity contribution is 0.332. The Hall–Kier alpha value is -3.33. The molecule has 0 radical (unpaired) electrons. The van der Waals surface area contributed by atoms with Crippen molar-refractivity contribution in [3.63, 3.8) is 0 Å². The molecule has 0 saturated carbocycles. The Morgan fingerprint density at radius 2 is 1.75 bits per heavy atom. The Bertz CT molecular complexity index is 1320. The average molecular weight is 395 g/mol. The molecule has 3 aromatic rings. The lowest BCUT2D eigenvalue weighted by Crippen LogP contribution is -2.21. The van der Waals surface area contributed by atoms with E-state index >= 15 is 0 Å². The monoisotopic (exact) mass is 395 g/mol. The van der Waals surface area contributed by atoms with E-state index in [0.29, 0.717) is 33.6 Å². The van der Waals surface area contributed by atoms with Crippen LogP contribution in [0.2, 0.25) is 0 Å². The van der Waals surface area contributed by atoms with E-state index in [4.69, 9.17) is 21.2 Å². The Kier molecular flexibility index (Phi) is 4.31. The first-order chi connectivity index (χ1) is 13.4. The van der Waals surface area contributed by atoms with Gasteiger partial charge in [-0.3, -0.25) is 0 Å². The third-order valence-electron chi connectivity index (χ3n) is 4.47. The van der Waals surface area contributed by atoms with Gasteiger partial charge in [0, 0.05) is 34.2 Å². The van der Waals surface area contributed by atoms with E-state index in [9.17, 15) is 13.0 Å². The molecule has 3 aromatic carbocycles. The van der Waals surface area contributed by atoms with E-state index in [1.165, 1.54) is 18.3 Å². The summed E-state index contributed by atoms with van der Waals surface area (Å²) in [5.74, 6) is 6.50. The molecular weight excluding hydrogens is 380 g/mol. The highest BCUT2D eigenvalue weighted by Crippen LogP contribution is 2.39. The van der Waals surface area contributed by atoms with Crippen LogP contribution in [-0.4, -0.2) is 13.0 Å². The van der Waals surface area contributed by atoms with Crippen LogP contribution >= 0.6 is 0 Å². The van der Waals surface area contributed by atoms with Gasteiger partial charge in [0.2, 0.25) is 0 Å². The highest BCUT2D eigenvalue weighted by atomic mass is 32.2. The maximum Gasteiger partial charge on any atom is 0.150 e. The second-order valence-electron chi connectivity index (χ2n) is 6.13. The van der Waals surface area contributed by atoms with E-state index < -0.39 is 10.1 Å². The van der Waals surface area contributed by atoms with Crippen LogP contribution in [0.1, 0.15) is 11.1 Å². The van der Waals surface area contributed by atoms with E-state index in [-0.39, 0.29) is 10.5 Å². The van der Waals surface area contributed by atoms with Crippen molar-refractivity contribution in [2.45, 2.75) is 4.90 Å². The topological polar surface area (TPSA) is 128 Å². The molecule has 0 aliphatic carbocycles. The van der Waals surface area contributed by atoms with Crippen LogP contribution in [0.15, 0.2) is 65.6 Å². The molecule has 7 nitrogen and oxygen atoms in total. The van der Waals surface area contributed by atoms with E-state index in [2.05, 4.69) is 0 Å². The minimum absolute atomic E-state index is 0.286. The number of ether oxygens (including phenoxy) is 1. The summed E-state index contributed by atoms with van der Waals surface area (Å²) in [5.41, 5.74) is 7.05. The third kappa shape index (κ3) is 2.99. The first kappa shape index (κ1) is 18.1. The van der Waals surface area contributed by atoms with Gasteiger partial charge < -0.3 is 19.9 Å². The van der Waals surface area contributed by atoms with E-state index in [1.807, 2.05) is 0 Å². The van der Waals surface area contributed by atoms with Crippen molar-refractivity contribution in [1.82, 2.24) is 0 Å². The summed E-state index contributed by atoms with van der Waals surface area (Å²) in [5, 5.41) is 1.35. The Morgan fingerprint density at radius 1 is 0.964 bits per heavy atom. The molecule has 28 heavy (non-hydrogen) atoms. The number of rotatable bonds is 3. The maximum absolute atomic E-state index is 11.9. The zero-order valence-electron chi connectivity index (χ0n) is 14.5. The highest BCUT2D eigenvalue weighted by molar-refractivity contribution is 7.85. The SMILES string of the molecule is N/C=c1\ccc2c(c1)Oc1cc(ON)ccc1C=2c1ccccc1S(=O)(=O)[O-]. The second-order valence-corrected chi connectivity index (χ2v) is 7.47. The summed E-state index contributed by atoms with van der Waals surface area (Å²) in [7, 11) is -4.70. The normalized spacial score (nSPS) is 13.5. The van der Waals surface area contributed by atoms with Gasteiger partial charge in [0.25, 0.3) is 0 Å². The molecule has 0 bridgehead atoms. The number of hydrogen-bond acceptors (Lipinski definition) is 7. The molecule has 0 atom stereocenters. The molecule has 0 fully saturated rings. The van der Waals surface area contributed by atoms with Gasteiger partial charge in [0.15, 0.2) is 5.75 Å². The summed E-state index contributed by atoms with van der Waals surface area (Å²) in [6.07, 6.45) is 1.42. The van der Waals surface area contributed by atoms with Crippen LogP contribution in [0, 0.1) is 0 Å². The van der Waals surface area contributed by atoms with Crippen molar-refractivity contribution < 1.29 is 22.5 Å². The fraction of sp³-hybridized carbons (Fsp3) is 0. The molecular formula is C20H15N2O5S-. The first-order valence-corrected chi connectivity index (χ1v) is 9.64. The molecule has 1 aliphatic heterocycles. The summed E-state index contributed by atoms with van der Waals surface area (Å²) in [6.45, 7) is 0. The van der Waals surface area contributed by atoms with Gasteiger partial charge in [-0.05, 0) is 35.6 Å². The summed E-state index contributed by atoms with van der Waals surface area (Å²) in [4.78, 5) is 4.46. The molecule has 0 unspecified atom stereocenters. The molecule has 4 N–H and O–H groups in total. The summed E-state index contributed by atoms with van der Waals surface area (Å²) < 4.78 is 41.6. The van der Waals surface area contributed by atoms with Gasteiger partial charge in [-0.2, -0.15) is 5.90 Å². The van der Waals surface area contributed by atoms with Gasteiger partial charge in [0.05, 0.1) is 4.90 Å². The van der Waals surface area contributed by atoms with Crippen LogP contribution in [0.5, 0.6) is 17.2 Å². The Labute approximate surface area is 160 Å². The molecule has 8 heteroatoms. The largest absolute Gasteiger partial charge is 0.744 e. The molecule has 0 saturated heterocycles. The number of hydrogen-bond donors (Lipinski definition) is 2. The van der Waals surface area contributed by atoms with Crippen LogP contribution in [0.4, 0.5) is 0 Å². The van der Waals surface area contributed by atoms with Crippen molar-refractivity contribution in [3.05, 3.63) is 82.2 Å². The smallest absolute Gasteiger partial charge is 0.150 e. The fourth-order valence-electron chi connectivity index (χ4n) is 3.25. The van der Waals surface area contributed by atoms with Crippen LogP contribution < -0.4 is 31.6 Å². The molecule has 0 aromatic heterocycles. The molecule has 1 aliphatic rings. The number of fused-ring (bicyclic) bond motifs is 2. The minimum Gasteiger partial charge on any atom is -0.744 e. The molecule has 4 rings (SSSR count). The third-order valence-corrected chi connectivity index (χ3v) is 5.37. The van der Waals surface area contributed by atoms with Gasteiger partial charge in [-0.1, -0.05) is 24.3 Å². The fourth-order valence-corrected chi connectivity index (χ4v) is 3.93. The number of benzene rings is 3. The zero-order chi connectivity index (χ0) is 19.9. The van der Waals surface area contributed by atoms with Gasteiger partial charge in [-0.25, -0.2) is 8.42 Å². The lowest BCUT2D eigenvalue weighted by Gasteiger charge is -2.23. The van der Waals surface area contributed by atoms with Crippen LogP contribution in [-0.2, 0) is 10.1 Å². The Morgan fingerprint density at radius 3 is 2.46 bits per heavy atom. The van der Waals surface area contributed by atoms with Gasteiger partial charge in [0.1, 0.15) is 21.6 Å². The Balaban J connectivity index is 2.15. The maximum atomic E-state index is 11.9. The molecule has 1 heterocycles. The predicted molar refractivity (Wildman–Crippen MR) is 102 cm³/mol. The van der Waals surface area contributed by atoms with Crippen molar-refractivity contribution in [2.75, 3.05) is 0 Å². The molecule has 0 spiro atoms. The van der Waals surface area contributed by atoms with Crippen molar-refractivity contribution >= 4 is 21.9 Å². The standard InChI is InChI=1S/C20H16N2O5S/c21-11-12-5-7-14-17(9-12)26-18-10-13(27-22)6-8-15(18)20(14)16-3-1-2-4-19(16)28(23,24)25/h1-11H,21-22H2,(H,23,24,25)/p-1/b12-11+. The molecule has 142 valence electrons. The zero-order valence-corrected chi connectivity index (χ0v) is 15.3. The number of nitrogens with two attached hydrogens (primary N) is 2. The highest BCUT2D eigenvalue weighted by Gasteiger charge is 2.23. The predicted octanol–water partition coefficient (Wildman–Crippen LogP) is 0.893. The summed E-state index contributed by atoms with van der Waals surface area (Å²) in [6, 6.07) is 16.3. The summed E-state index contributed by atoms with van der Waals surface area (Å²) >= 11 is 0. The van der Waals surface area contributed by atoms with Crippen LogP contribution in [0.25, 0.3) is 11.8 Å². The van der Waals surface area contributed by atoms with Crippen molar-refractivity contribution in [1.29, 1.82) is 0 Å². The van der Waals surface area contributed by atoms with Gasteiger partial charge in [-0.15, -0.1) is 0 Å². The van der Waals surface area contributed by atoms with Gasteiger partial charge >= 0.3 is 0 Å². The first-order valence-electron chi connectivity index (χ1n) is 8.23. The minimum atomic E-state index is -4.70. The van der Waals surface area contributed by atoms with E-state index in [0.717, 1.165) is 5.22 Å². The second kappa shape index (κ2) is 6.68. The van der Waals surface area contributed by atoms with Crippen LogP contribution in [0.3, 0.4) is 0 Å². The lowest BCUT2D eigenvalue weighted by atomic mass is 9.92. The quantitative estimate of drug-likeness (QED) is 0.389.